The van der Waals surface area contributed by atoms with Gasteiger partial charge in [-0.1, -0.05) is 0 Å². The second kappa shape index (κ2) is 3.40. The third-order valence-corrected chi connectivity index (χ3v) is 2.07. The summed E-state index contributed by atoms with van der Waals surface area (Å²) in [5.74, 6) is -0.135. The average Bonchev–Trinajstić information content (AvgIpc) is 2.03. The molecule has 0 aliphatic rings. The summed E-state index contributed by atoms with van der Waals surface area (Å²) in [6.45, 7) is 1.70. The molecule has 0 bridgehead atoms. The van der Waals surface area contributed by atoms with Gasteiger partial charge in [-0.3, -0.25) is 14.1 Å². The van der Waals surface area contributed by atoms with Gasteiger partial charge >= 0.3 is 11.4 Å². The van der Waals surface area contributed by atoms with Crippen molar-refractivity contribution in [3.8, 4) is 0 Å². The molecule has 0 aromatic carbocycles. The maximum atomic E-state index is 11.0. The van der Waals surface area contributed by atoms with Crippen molar-refractivity contribution in [2.24, 2.45) is 0 Å². The summed E-state index contributed by atoms with van der Waals surface area (Å²) in [5, 5.41) is 0. The highest BCUT2D eigenvalue weighted by molar-refractivity contribution is 7.35. The molecule has 1 rings (SSSR count). The van der Waals surface area contributed by atoms with Crippen LogP contribution in [0.25, 0.3) is 0 Å². The molecule has 64 valence electrons. The van der Waals surface area contributed by atoms with Crippen LogP contribution >= 0.6 is 8.73 Å². The number of nitrogens with one attached hydrogen (secondary N) is 1. The predicted octanol–water partition coefficient (Wildman–Crippen LogP) is -1.18. The monoisotopic (exact) mass is 187 g/mol. The smallest absolute Gasteiger partial charge is 0.294 e. The van der Waals surface area contributed by atoms with Crippen molar-refractivity contribution in [3.05, 3.63) is 26.8 Å². The first-order chi connectivity index (χ1) is 5.69. The van der Waals surface area contributed by atoms with Crippen LogP contribution in [-0.4, -0.2) is 27.3 Å². The molecule has 1 aromatic rings. The highest BCUT2D eigenvalue weighted by Gasteiger charge is 2.03. The maximum Gasteiger partial charge on any atom is 0.351 e. The Balaban J connectivity index is 3.55. The van der Waals surface area contributed by atoms with E-state index in [1.54, 1.807) is 6.66 Å². The van der Waals surface area contributed by atoms with Crippen LogP contribution in [0.15, 0.2) is 9.59 Å². The van der Waals surface area contributed by atoms with Gasteiger partial charge in [-0.2, -0.15) is 4.98 Å². The van der Waals surface area contributed by atoms with Gasteiger partial charge in [0.1, 0.15) is 0 Å². The van der Waals surface area contributed by atoms with Crippen LogP contribution in [0.2, 0.25) is 0 Å². The number of carbonyl (C=O) groups is 1. The van der Waals surface area contributed by atoms with Crippen molar-refractivity contribution in [1.82, 2.24) is 14.3 Å². The van der Waals surface area contributed by atoms with Gasteiger partial charge < -0.3 is 0 Å². The summed E-state index contributed by atoms with van der Waals surface area (Å²) in [6.07, 6.45) is 0.382. The van der Waals surface area contributed by atoms with Crippen LogP contribution in [0.3, 0.4) is 0 Å². The van der Waals surface area contributed by atoms with E-state index in [1.165, 1.54) is 0 Å². The molecule has 12 heavy (non-hydrogen) atoms. The third-order valence-electron chi connectivity index (χ3n) is 1.19. The lowest BCUT2D eigenvalue weighted by molar-refractivity contribution is 0.111. The molecule has 0 amide bonds. The minimum atomic E-state index is -0.795. The van der Waals surface area contributed by atoms with E-state index in [0.29, 0.717) is 6.29 Å². The van der Waals surface area contributed by atoms with Crippen molar-refractivity contribution in [2.75, 3.05) is 6.66 Å². The fourth-order valence-corrected chi connectivity index (χ4v) is 1.32. The quantitative estimate of drug-likeness (QED) is 0.466. The molecular weight excluding hydrogens is 181 g/mol. The lowest BCUT2D eigenvalue weighted by Gasteiger charge is -2.00. The van der Waals surface area contributed by atoms with Crippen LogP contribution in [0.4, 0.5) is 0 Å². The Labute approximate surface area is 68.5 Å². The molecule has 6 nitrogen and oxygen atoms in total. The van der Waals surface area contributed by atoms with Gasteiger partial charge in [0, 0.05) is 0 Å². The number of hydrogen-bond donors (Lipinski definition) is 1. The topological polar surface area (TPSA) is 84.8 Å². The lowest BCUT2D eigenvalue weighted by Crippen LogP contribution is -2.31. The molecule has 1 N–H and O–H groups in total. The molecule has 7 heteroatoms. The van der Waals surface area contributed by atoms with E-state index in [1.807, 2.05) is 4.98 Å². The molecule has 0 fully saturated rings. The third kappa shape index (κ3) is 1.48. The normalized spacial score (nSPS) is 10.8. The standard InChI is InChI=1S/C5H6N3O3P/c1-12-8-3(2-9)6-4(10)7-5(8)11/h2,12H,1H3,(H,7,10,11). The lowest BCUT2D eigenvalue weighted by atomic mass is 10.7. The van der Waals surface area contributed by atoms with Gasteiger partial charge in [-0.15, -0.1) is 0 Å². The Kier molecular flexibility index (Phi) is 2.50. The Hall–Kier alpha value is -1.29. The molecule has 0 saturated carbocycles. The molecule has 1 aromatic heterocycles. The molecule has 0 radical (unpaired) electrons. The Bertz CT molecular complexity index is 407. The zero-order valence-electron chi connectivity index (χ0n) is 6.20. The summed E-state index contributed by atoms with van der Waals surface area (Å²) in [4.78, 5) is 37.2. The van der Waals surface area contributed by atoms with Crippen molar-refractivity contribution in [2.45, 2.75) is 0 Å². The SMILES string of the molecule is CPn1c(C=O)nc(=O)[nH]c1=O. The molecule has 1 atom stereocenters. The fraction of sp³-hybridized carbons (Fsp3) is 0.200. The molecular formula is C5H6N3O3P. The molecule has 0 spiro atoms. The first kappa shape index (κ1) is 8.80. The first-order valence-electron chi connectivity index (χ1n) is 3.05. The zero-order valence-corrected chi connectivity index (χ0v) is 7.20. The molecule has 1 heterocycles. The summed E-state index contributed by atoms with van der Waals surface area (Å²) in [5.41, 5.74) is -1.39. The van der Waals surface area contributed by atoms with Crippen LogP contribution < -0.4 is 11.4 Å². The van der Waals surface area contributed by atoms with Crippen LogP contribution in [0.1, 0.15) is 10.6 Å². The van der Waals surface area contributed by atoms with Crippen molar-refractivity contribution < 1.29 is 4.79 Å². The largest absolute Gasteiger partial charge is 0.351 e. The number of aromatic nitrogens is 3. The van der Waals surface area contributed by atoms with Gasteiger partial charge in [0.05, 0.1) is 0 Å². The van der Waals surface area contributed by atoms with Crippen LogP contribution in [0.5, 0.6) is 0 Å². The second-order valence-corrected chi connectivity index (χ2v) is 2.78. The first-order valence-corrected chi connectivity index (χ1v) is 4.50. The number of aromatic amines is 1. The van der Waals surface area contributed by atoms with E-state index in [-0.39, 0.29) is 14.6 Å². The van der Waals surface area contributed by atoms with Gasteiger partial charge in [0.15, 0.2) is 12.1 Å². The van der Waals surface area contributed by atoms with Gasteiger partial charge in [-0.25, -0.2) is 9.59 Å². The summed E-state index contributed by atoms with van der Waals surface area (Å²) in [6, 6.07) is 0. The van der Waals surface area contributed by atoms with E-state index in [9.17, 15) is 14.4 Å². The van der Waals surface area contributed by atoms with Gasteiger partial charge in [0.25, 0.3) is 0 Å². The van der Waals surface area contributed by atoms with Gasteiger partial charge in [0.2, 0.25) is 0 Å². The minimum absolute atomic E-state index is 0.0712. The van der Waals surface area contributed by atoms with Crippen molar-refractivity contribution in [1.29, 1.82) is 0 Å². The highest BCUT2D eigenvalue weighted by Crippen LogP contribution is 2.03. The maximum absolute atomic E-state index is 11.0. The summed E-state index contributed by atoms with van der Waals surface area (Å²) < 4.78 is 1.11. The molecule has 1 unspecified atom stereocenters. The van der Waals surface area contributed by atoms with Crippen molar-refractivity contribution >= 4 is 15.0 Å². The van der Waals surface area contributed by atoms with Gasteiger partial charge in [-0.05, 0) is 15.4 Å². The van der Waals surface area contributed by atoms with E-state index in [4.69, 9.17) is 0 Å². The van der Waals surface area contributed by atoms with E-state index >= 15 is 0 Å². The highest BCUT2D eigenvalue weighted by atomic mass is 31.1. The number of aldehydes is 1. The minimum Gasteiger partial charge on any atom is -0.294 e. The number of hydrogen-bond acceptors (Lipinski definition) is 4. The number of rotatable bonds is 2. The molecule has 0 saturated heterocycles. The Morgan fingerprint density at radius 3 is 2.75 bits per heavy atom. The number of nitrogens with zero attached hydrogens (tertiary/aromatic N) is 2. The average molecular weight is 187 g/mol. The van der Waals surface area contributed by atoms with Crippen LogP contribution in [-0.2, 0) is 0 Å². The second-order valence-electron chi connectivity index (χ2n) is 1.88. The summed E-state index contributed by atoms with van der Waals surface area (Å²) >= 11 is 0. The van der Waals surface area contributed by atoms with Crippen molar-refractivity contribution in [3.63, 3.8) is 0 Å². The van der Waals surface area contributed by atoms with E-state index < -0.39 is 11.4 Å². The van der Waals surface area contributed by atoms with E-state index in [0.717, 1.165) is 4.34 Å². The van der Waals surface area contributed by atoms with Crippen LogP contribution in [0, 0.1) is 0 Å². The molecule has 0 aliphatic carbocycles. The zero-order chi connectivity index (χ0) is 9.14. The Morgan fingerprint density at radius 2 is 2.25 bits per heavy atom. The summed E-state index contributed by atoms with van der Waals surface area (Å²) in [7, 11) is 0.0712. The Morgan fingerprint density at radius 1 is 1.58 bits per heavy atom. The predicted molar refractivity (Wildman–Crippen MR) is 44.1 cm³/mol. The van der Waals surface area contributed by atoms with E-state index in [2.05, 4.69) is 4.98 Å². The number of carbonyl (C=O) groups excluding carboxylic acids is 1. The molecule has 0 aliphatic heterocycles. The number of H-pyrrole nitrogens is 1. The fourth-order valence-electron chi connectivity index (χ4n) is 0.729.